The highest BCUT2D eigenvalue weighted by Crippen LogP contribution is 2.41. The molecule has 1 aromatic rings. The van der Waals surface area contributed by atoms with Crippen LogP contribution in [0.25, 0.3) is 0 Å². The Morgan fingerprint density at radius 3 is 2.82 bits per heavy atom. The highest BCUT2D eigenvalue weighted by Gasteiger charge is 2.28. The van der Waals surface area contributed by atoms with E-state index in [0.717, 1.165) is 5.92 Å². The second kappa shape index (κ2) is 2.36. The fraction of sp³-hybridized carbons (Fsp3) is 0.667. The van der Waals surface area contributed by atoms with Crippen molar-refractivity contribution in [2.75, 3.05) is 0 Å². The molecule has 60 valence electrons. The summed E-state index contributed by atoms with van der Waals surface area (Å²) in [6.07, 6.45) is 4.67. The van der Waals surface area contributed by atoms with Gasteiger partial charge in [-0.05, 0) is 24.3 Å². The van der Waals surface area contributed by atoms with Crippen LogP contribution in [0.15, 0.2) is 6.20 Å². The zero-order valence-electron chi connectivity index (χ0n) is 7.09. The Kier molecular flexibility index (Phi) is 1.48. The van der Waals surface area contributed by atoms with Crippen LogP contribution in [0.5, 0.6) is 0 Å². The fourth-order valence-electron chi connectivity index (χ4n) is 1.46. The van der Waals surface area contributed by atoms with E-state index in [2.05, 4.69) is 24.0 Å². The number of hydrogen-bond donors (Lipinski definition) is 1. The summed E-state index contributed by atoms with van der Waals surface area (Å²) in [6.45, 7) is 4.44. The Morgan fingerprint density at radius 2 is 2.27 bits per heavy atom. The van der Waals surface area contributed by atoms with Gasteiger partial charge < -0.3 is 0 Å². The highest BCUT2D eigenvalue weighted by atomic mass is 15.1. The zero-order valence-corrected chi connectivity index (χ0v) is 7.09. The van der Waals surface area contributed by atoms with E-state index in [1.807, 2.05) is 6.20 Å². The smallest absolute Gasteiger partial charge is 0.0524 e. The molecule has 0 bridgehead atoms. The van der Waals surface area contributed by atoms with E-state index < -0.39 is 0 Å². The summed E-state index contributed by atoms with van der Waals surface area (Å²) in [4.78, 5) is 0. The summed E-state index contributed by atoms with van der Waals surface area (Å²) in [5.41, 5.74) is 2.80. The number of rotatable bonds is 2. The first kappa shape index (κ1) is 6.89. The van der Waals surface area contributed by atoms with Gasteiger partial charge in [0.25, 0.3) is 0 Å². The molecule has 1 N–H and O–H groups in total. The molecule has 1 aliphatic carbocycles. The van der Waals surface area contributed by atoms with Crippen LogP contribution in [0, 0.1) is 0 Å². The molecule has 11 heavy (non-hydrogen) atoms. The van der Waals surface area contributed by atoms with Crippen molar-refractivity contribution in [1.29, 1.82) is 0 Å². The van der Waals surface area contributed by atoms with Crippen molar-refractivity contribution in [3.05, 3.63) is 17.5 Å². The second-order valence-electron chi connectivity index (χ2n) is 3.67. The maximum atomic E-state index is 4.08. The average Bonchev–Trinajstić information content (AvgIpc) is 2.68. The number of nitrogens with zero attached hydrogens (tertiary/aromatic N) is 1. The van der Waals surface area contributed by atoms with Crippen molar-refractivity contribution in [2.24, 2.45) is 0 Å². The van der Waals surface area contributed by atoms with Crippen LogP contribution in [0.2, 0.25) is 0 Å². The van der Waals surface area contributed by atoms with Crippen LogP contribution in [-0.4, -0.2) is 10.2 Å². The van der Waals surface area contributed by atoms with Crippen molar-refractivity contribution < 1.29 is 0 Å². The monoisotopic (exact) mass is 150 g/mol. The first-order valence-electron chi connectivity index (χ1n) is 4.32. The average molecular weight is 150 g/mol. The Balaban J connectivity index is 2.30. The maximum absolute atomic E-state index is 4.08. The quantitative estimate of drug-likeness (QED) is 0.689. The lowest BCUT2D eigenvalue weighted by molar-refractivity contribution is 0.837. The first-order chi connectivity index (χ1) is 5.29. The van der Waals surface area contributed by atoms with Gasteiger partial charge in [-0.25, -0.2) is 0 Å². The summed E-state index contributed by atoms with van der Waals surface area (Å²) in [5, 5.41) is 7.18. The Labute approximate surface area is 67.0 Å². The van der Waals surface area contributed by atoms with Gasteiger partial charge >= 0.3 is 0 Å². The van der Waals surface area contributed by atoms with Crippen molar-refractivity contribution in [2.45, 2.75) is 38.5 Å². The lowest BCUT2D eigenvalue weighted by Gasteiger charge is -2.03. The molecular weight excluding hydrogens is 136 g/mol. The third kappa shape index (κ3) is 1.17. The predicted octanol–water partition coefficient (Wildman–Crippen LogP) is 2.41. The van der Waals surface area contributed by atoms with Crippen LogP contribution in [0.1, 0.15) is 49.8 Å². The molecular formula is C9H14N2. The molecule has 0 aromatic carbocycles. The molecule has 0 atom stereocenters. The summed E-state index contributed by atoms with van der Waals surface area (Å²) in [5.74, 6) is 1.42. The maximum Gasteiger partial charge on any atom is 0.0524 e. The van der Waals surface area contributed by atoms with E-state index in [-0.39, 0.29) is 0 Å². The van der Waals surface area contributed by atoms with Crippen LogP contribution >= 0.6 is 0 Å². The minimum atomic E-state index is 0.615. The summed E-state index contributed by atoms with van der Waals surface area (Å²) >= 11 is 0. The minimum absolute atomic E-state index is 0.615. The summed E-state index contributed by atoms with van der Waals surface area (Å²) in [7, 11) is 0. The standard InChI is InChI=1S/C9H14N2/c1-6(2)8-5-10-11-9(8)7-3-4-7/h5-7H,3-4H2,1-2H3,(H,10,11). The van der Waals surface area contributed by atoms with Crippen LogP contribution < -0.4 is 0 Å². The first-order valence-corrected chi connectivity index (χ1v) is 4.32. The van der Waals surface area contributed by atoms with Crippen LogP contribution in [0.4, 0.5) is 0 Å². The number of aromatic nitrogens is 2. The van der Waals surface area contributed by atoms with Gasteiger partial charge in [0, 0.05) is 11.6 Å². The molecule has 0 amide bonds. The minimum Gasteiger partial charge on any atom is -0.282 e. The van der Waals surface area contributed by atoms with Crippen molar-refractivity contribution in [3.63, 3.8) is 0 Å². The fourth-order valence-corrected chi connectivity index (χ4v) is 1.46. The third-order valence-corrected chi connectivity index (χ3v) is 2.31. The van der Waals surface area contributed by atoms with Gasteiger partial charge in [-0.2, -0.15) is 5.10 Å². The number of aromatic amines is 1. The largest absolute Gasteiger partial charge is 0.282 e. The van der Waals surface area contributed by atoms with E-state index in [0.29, 0.717) is 5.92 Å². The van der Waals surface area contributed by atoms with Gasteiger partial charge in [0.1, 0.15) is 0 Å². The molecule has 0 saturated heterocycles. The molecule has 2 heteroatoms. The van der Waals surface area contributed by atoms with Crippen molar-refractivity contribution >= 4 is 0 Å². The SMILES string of the molecule is CC(C)c1cn[nH]c1C1CC1. The molecule has 0 aliphatic heterocycles. The van der Waals surface area contributed by atoms with Gasteiger partial charge in [0.15, 0.2) is 0 Å². The lowest BCUT2D eigenvalue weighted by atomic mass is 10.0. The summed E-state index contributed by atoms with van der Waals surface area (Å²) < 4.78 is 0. The molecule has 1 fully saturated rings. The Hall–Kier alpha value is -0.790. The van der Waals surface area contributed by atoms with Gasteiger partial charge in [-0.3, -0.25) is 5.10 Å². The van der Waals surface area contributed by atoms with Crippen molar-refractivity contribution in [1.82, 2.24) is 10.2 Å². The normalized spacial score (nSPS) is 17.7. The summed E-state index contributed by atoms with van der Waals surface area (Å²) in [6, 6.07) is 0. The highest BCUT2D eigenvalue weighted by molar-refractivity contribution is 5.26. The number of hydrogen-bond acceptors (Lipinski definition) is 1. The van der Waals surface area contributed by atoms with E-state index in [4.69, 9.17) is 0 Å². The molecule has 1 heterocycles. The molecule has 0 unspecified atom stereocenters. The number of H-pyrrole nitrogens is 1. The topological polar surface area (TPSA) is 28.7 Å². The van der Waals surface area contributed by atoms with E-state index in [9.17, 15) is 0 Å². The van der Waals surface area contributed by atoms with Gasteiger partial charge in [0.05, 0.1) is 6.20 Å². The Bertz CT molecular complexity index is 229. The van der Waals surface area contributed by atoms with Crippen molar-refractivity contribution in [3.8, 4) is 0 Å². The lowest BCUT2D eigenvalue weighted by Crippen LogP contribution is -1.90. The van der Waals surface area contributed by atoms with Crippen LogP contribution in [0.3, 0.4) is 0 Å². The molecule has 1 aliphatic rings. The van der Waals surface area contributed by atoms with E-state index in [1.54, 1.807) is 0 Å². The van der Waals surface area contributed by atoms with Crippen LogP contribution in [-0.2, 0) is 0 Å². The van der Waals surface area contributed by atoms with Gasteiger partial charge in [-0.1, -0.05) is 13.8 Å². The molecule has 1 saturated carbocycles. The zero-order chi connectivity index (χ0) is 7.84. The molecule has 1 aromatic heterocycles. The molecule has 2 rings (SSSR count). The van der Waals surface area contributed by atoms with E-state index >= 15 is 0 Å². The van der Waals surface area contributed by atoms with Gasteiger partial charge in [0.2, 0.25) is 0 Å². The third-order valence-electron chi connectivity index (χ3n) is 2.31. The molecule has 0 spiro atoms. The Morgan fingerprint density at radius 1 is 1.55 bits per heavy atom. The molecule has 2 nitrogen and oxygen atoms in total. The molecule has 0 radical (unpaired) electrons. The van der Waals surface area contributed by atoms with E-state index in [1.165, 1.54) is 24.1 Å². The second-order valence-corrected chi connectivity index (χ2v) is 3.67. The van der Waals surface area contributed by atoms with Gasteiger partial charge in [-0.15, -0.1) is 0 Å². The predicted molar refractivity (Wildman–Crippen MR) is 44.7 cm³/mol. The number of nitrogens with one attached hydrogen (secondary N) is 1.